The molecule has 0 unspecified atom stereocenters. The Kier molecular flexibility index (Phi) is 5.64. The van der Waals surface area contributed by atoms with Gasteiger partial charge < -0.3 is 15.8 Å². The first-order chi connectivity index (χ1) is 11.3. The van der Waals surface area contributed by atoms with Gasteiger partial charge in [0.2, 0.25) is 11.8 Å². The average molecular weight is 368 g/mol. The summed E-state index contributed by atoms with van der Waals surface area (Å²) in [5.41, 5.74) is 5.96. The molecule has 0 spiro atoms. The minimum absolute atomic E-state index is 0.0871. The molecule has 8 heteroatoms. The number of pyridine rings is 1. The lowest BCUT2D eigenvalue weighted by Gasteiger charge is -2.11. The maximum absolute atomic E-state index is 12.3. The van der Waals surface area contributed by atoms with Crippen molar-refractivity contribution in [1.82, 2.24) is 4.98 Å². The van der Waals surface area contributed by atoms with Gasteiger partial charge in [0.05, 0.1) is 22.3 Å². The smallest absolute Gasteiger partial charge is 0.257 e. The highest BCUT2D eigenvalue weighted by atomic mass is 35.5. The maximum atomic E-state index is 12.3. The van der Waals surface area contributed by atoms with E-state index in [2.05, 4.69) is 10.3 Å². The van der Waals surface area contributed by atoms with Gasteiger partial charge in [0.25, 0.3) is 5.91 Å². The quantitative estimate of drug-likeness (QED) is 0.844. The molecule has 0 saturated heterocycles. The molecule has 0 atom stereocenters. The molecule has 0 aliphatic rings. The van der Waals surface area contributed by atoms with E-state index in [1.54, 1.807) is 6.07 Å². The van der Waals surface area contributed by atoms with Gasteiger partial charge in [0.15, 0.2) is 0 Å². The number of hydrogen-bond acceptors (Lipinski definition) is 4. The van der Waals surface area contributed by atoms with Crippen LogP contribution in [0.5, 0.6) is 5.88 Å². The van der Waals surface area contributed by atoms with Gasteiger partial charge >= 0.3 is 0 Å². The standard InChI is InChI=1S/C16H15Cl2N3O3/c1-8(2)24-16-13(18)5-9(7-20-16)15(23)21-10-3-4-12(17)11(6-10)14(19)22/h3-8H,1-2H3,(H2,19,22)(H,21,23). The molecule has 0 bridgehead atoms. The van der Waals surface area contributed by atoms with Crippen LogP contribution in [0.15, 0.2) is 30.5 Å². The number of anilines is 1. The highest BCUT2D eigenvalue weighted by Gasteiger charge is 2.14. The van der Waals surface area contributed by atoms with Gasteiger partial charge in [-0.1, -0.05) is 23.2 Å². The van der Waals surface area contributed by atoms with Gasteiger partial charge in [0, 0.05) is 11.9 Å². The van der Waals surface area contributed by atoms with Gasteiger partial charge in [-0.25, -0.2) is 4.98 Å². The molecule has 1 aromatic heterocycles. The van der Waals surface area contributed by atoms with Crippen LogP contribution in [-0.2, 0) is 0 Å². The van der Waals surface area contributed by atoms with E-state index in [1.807, 2.05) is 13.8 Å². The molecule has 0 fully saturated rings. The second-order valence-corrected chi connectivity index (χ2v) is 6.00. The Labute approximate surface area is 148 Å². The number of nitrogens with one attached hydrogen (secondary N) is 1. The van der Waals surface area contributed by atoms with Gasteiger partial charge in [0.1, 0.15) is 5.02 Å². The second kappa shape index (κ2) is 7.51. The molecule has 0 aliphatic heterocycles. The summed E-state index contributed by atoms with van der Waals surface area (Å²) in [6.45, 7) is 3.69. The van der Waals surface area contributed by atoms with E-state index in [-0.39, 0.29) is 33.2 Å². The number of hydrogen-bond donors (Lipinski definition) is 2. The lowest BCUT2D eigenvalue weighted by molar-refractivity contribution is 0.0996. The number of carbonyl (C=O) groups excluding carboxylic acids is 2. The number of nitrogens with two attached hydrogens (primary N) is 1. The minimum Gasteiger partial charge on any atom is -0.474 e. The van der Waals surface area contributed by atoms with Crippen LogP contribution in [0.2, 0.25) is 10.0 Å². The van der Waals surface area contributed by atoms with Crippen molar-refractivity contribution in [2.45, 2.75) is 20.0 Å². The summed E-state index contributed by atoms with van der Waals surface area (Å²) in [4.78, 5) is 27.6. The number of halogens is 2. The molecular formula is C16H15Cl2N3O3. The molecule has 0 aliphatic carbocycles. The fourth-order valence-electron chi connectivity index (χ4n) is 1.85. The predicted octanol–water partition coefficient (Wildman–Crippen LogP) is 3.53. The molecular weight excluding hydrogens is 353 g/mol. The molecule has 6 nitrogen and oxygen atoms in total. The zero-order valence-electron chi connectivity index (χ0n) is 13.0. The number of primary amides is 1. The Morgan fingerprint density at radius 2 is 1.92 bits per heavy atom. The number of aromatic nitrogens is 1. The van der Waals surface area contributed by atoms with Crippen LogP contribution < -0.4 is 15.8 Å². The van der Waals surface area contributed by atoms with Gasteiger partial charge in [-0.2, -0.15) is 0 Å². The van der Waals surface area contributed by atoms with Crippen LogP contribution in [0.25, 0.3) is 0 Å². The molecule has 2 rings (SSSR count). The number of amides is 2. The highest BCUT2D eigenvalue weighted by Crippen LogP contribution is 2.24. The first kappa shape index (κ1) is 18.0. The van der Waals surface area contributed by atoms with Crippen molar-refractivity contribution in [3.63, 3.8) is 0 Å². The first-order valence-corrected chi connectivity index (χ1v) is 7.76. The number of carbonyl (C=O) groups is 2. The molecule has 0 saturated carbocycles. The Morgan fingerprint density at radius 3 is 2.50 bits per heavy atom. The monoisotopic (exact) mass is 367 g/mol. The van der Waals surface area contributed by atoms with Gasteiger partial charge in [-0.15, -0.1) is 0 Å². The summed E-state index contributed by atoms with van der Waals surface area (Å²) >= 11 is 11.9. The van der Waals surface area contributed by atoms with Crippen molar-refractivity contribution in [3.8, 4) is 5.88 Å². The fraction of sp³-hybridized carbons (Fsp3) is 0.188. The summed E-state index contributed by atoms with van der Waals surface area (Å²) in [5, 5.41) is 3.06. The van der Waals surface area contributed by atoms with Crippen molar-refractivity contribution < 1.29 is 14.3 Å². The molecule has 1 aromatic carbocycles. The zero-order valence-corrected chi connectivity index (χ0v) is 14.5. The van der Waals surface area contributed by atoms with E-state index >= 15 is 0 Å². The van der Waals surface area contributed by atoms with Crippen molar-refractivity contribution in [1.29, 1.82) is 0 Å². The third-order valence-corrected chi connectivity index (χ3v) is 3.51. The van der Waals surface area contributed by atoms with Crippen molar-refractivity contribution >= 4 is 40.7 Å². The Balaban J connectivity index is 2.20. The molecule has 24 heavy (non-hydrogen) atoms. The largest absolute Gasteiger partial charge is 0.474 e. The molecule has 3 N–H and O–H groups in total. The van der Waals surface area contributed by atoms with Gasteiger partial charge in [-0.05, 0) is 38.1 Å². The molecule has 2 aromatic rings. The minimum atomic E-state index is -0.684. The number of benzene rings is 1. The molecule has 1 heterocycles. The molecule has 126 valence electrons. The zero-order chi connectivity index (χ0) is 17.9. The van der Waals surface area contributed by atoms with E-state index in [9.17, 15) is 9.59 Å². The van der Waals surface area contributed by atoms with E-state index in [4.69, 9.17) is 33.7 Å². The van der Waals surface area contributed by atoms with Crippen molar-refractivity contribution in [2.75, 3.05) is 5.32 Å². The van der Waals surface area contributed by atoms with Crippen LogP contribution in [0, 0.1) is 0 Å². The van der Waals surface area contributed by atoms with Crippen LogP contribution >= 0.6 is 23.2 Å². The fourth-order valence-corrected chi connectivity index (χ4v) is 2.28. The summed E-state index contributed by atoms with van der Waals surface area (Å²) in [6, 6.07) is 5.88. The molecule has 0 radical (unpaired) electrons. The highest BCUT2D eigenvalue weighted by molar-refractivity contribution is 6.34. The SMILES string of the molecule is CC(C)Oc1ncc(C(=O)Nc2ccc(Cl)c(C(N)=O)c2)cc1Cl. The second-order valence-electron chi connectivity index (χ2n) is 5.19. The predicted molar refractivity (Wildman–Crippen MR) is 92.9 cm³/mol. The van der Waals surface area contributed by atoms with E-state index < -0.39 is 11.8 Å². The summed E-state index contributed by atoms with van der Waals surface area (Å²) in [6.07, 6.45) is 1.26. The van der Waals surface area contributed by atoms with Crippen LogP contribution in [0.1, 0.15) is 34.6 Å². The number of nitrogens with zero attached hydrogens (tertiary/aromatic N) is 1. The lowest BCUT2D eigenvalue weighted by atomic mass is 10.2. The number of ether oxygens (including phenoxy) is 1. The van der Waals surface area contributed by atoms with Gasteiger partial charge in [-0.3, -0.25) is 9.59 Å². The third-order valence-electron chi connectivity index (χ3n) is 2.91. The van der Waals surface area contributed by atoms with E-state index in [0.29, 0.717) is 5.69 Å². The molecule has 2 amide bonds. The average Bonchev–Trinajstić information content (AvgIpc) is 2.50. The van der Waals surface area contributed by atoms with E-state index in [0.717, 1.165) is 0 Å². The van der Waals surface area contributed by atoms with E-state index in [1.165, 1.54) is 24.4 Å². The van der Waals surface area contributed by atoms with Crippen LogP contribution in [0.3, 0.4) is 0 Å². The third kappa shape index (κ3) is 4.37. The summed E-state index contributed by atoms with van der Waals surface area (Å²) < 4.78 is 5.41. The van der Waals surface area contributed by atoms with Crippen molar-refractivity contribution in [2.24, 2.45) is 5.73 Å². The number of rotatable bonds is 5. The van der Waals surface area contributed by atoms with Crippen LogP contribution in [-0.4, -0.2) is 22.9 Å². The Hall–Kier alpha value is -2.31. The first-order valence-electron chi connectivity index (χ1n) is 7.01. The topological polar surface area (TPSA) is 94.3 Å². The normalized spacial score (nSPS) is 10.5. The lowest BCUT2D eigenvalue weighted by Crippen LogP contribution is -2.15. The Morgan fingerprint density at radius 1 is 1.21 bits per heavy atom. The Bertz CT molecular complexity index is 794. The summed E-state index contributed by atoms with van der Waals surface area (Å²) in [7, 11) is 0. The maximum Gasteiger partial charge on any atom is 0.257 e. The van der Waals surface area contributed by atoms with Crippen LogP contribution in [0.4, 0.5) is 5.69 Å². The summed E-state index contributed by atoms with van der Waals surface area (Å²) in [5.74, 6) is -0.875. The van der Waals surface area contributed by atoms with Crippen molar-refractivity contribution in [3.05, 3.63) is 51.6 Å².